The largest absolute Gasteiger partial charge is 0.465 e. The van der Waals surface area contributed by atoms with Crippen LogP contribution in [0.15, 0.2) is 74.0 Å². The van der Waals surface area contributed by atoms with Crippen molar-refractivity contribution in [2.45, 2.75) is 108 Å². The van der Waals surface area contributed by atoms with Crippen LogP contribution in [0.1, 0.15) is 95.6 Å². The van der Waals surface area contributed by atoms with Crippen molar-refractivity contribution in [3.05, 3.63) is 112 Å². The van der Waals surface area contributed by atoms with Crippen LogP contribution < -0.4 is 16.4 Å². The minimum atomic E-state index is -0.511. The molecule has 7 N–H and O–H groups in total. The lowest BCUT2D eigenvalue weighted by Gasteiger charge is -2.47. The molecule has 7 aliphatic rings. The Morgan fingerprint density at radius 2 is 0.989 bits per heavy atom. The number of nitrogens with one attached hydrogen (secondary N) is 5. The van der Waals surface area contributed by atoms with Crippen molar-refractivity contribution in [2.75, 3.05) is 23.8 Å². The minimum Gasteiger partial charge on any atom is -0.465 e. The van der Waals surface area contributed by atoms with Crippen LogP contribution in [0, 0.1) is 52.0 Å². The number of primary amides is 1. The zero-order valence-corrected chi connectivity index (χ0v) is 49.1. The number of hydrogen-bond donors (Lipinski definition) is 6. The number of nitrogens with two attached hydrogens (primary N) is 1. The summed E-state index contributed by atoms with van der Waals surface area (Å²) in [4.78, 5) is 83.1. The number of nitrogens with zero attached hydrogens (tertiary/aromatic N) is 9. The molecule has 11 heterocycles. The third-order valence-corrected chi connectivity index (χ3v) is 19.0. The molecule has 2 spiro atoms. The number of pyridine rings is 3. The van der Waals surface area contributed by atoms with E-state index in [4.69, 9.17) is 50.0 Å². The molecule has 0 radical (unpaired) electrons. The maximum Gasteiger partial charge on any atom is 0.306 e. The molecule has 1 amide bonds. The number of carbonyl (C=O) groups is 3. The molecule has 2 saturated heterocycles. The fraction of sp³-hybridized carbons (Fsp3) is 0.410. The Kier molecular flexibility index (Phi) is 16.0. The molecule has 7 fully saturated rings. The van der Waals surface area contributed by atoms with Gasteiger partial charge in [-0.1, -0.05) is 47.6 Å². The van der Waals surface area contributed by atoms with Crippen molar-refractivity contribution in [2.24, 2.45) is 40.2 Å². The Morgan fingerprint density at radius 1 is 0.575 bits per heavy atom. The summed E-state index contributed by atoms with van der Waals surface area (Å²) in [5, 5.41) is 10.3. The first-order chi connectivity index (χ1) is 42.0. The number of cyclic esters (lactones) is 2. The molecule has 20 nitrogen and oxygen atoms in total. The first-order valence-corrected chi connectivity index (χ1v) is 30.3. The van der Waals surface area contributed by atoms with Crippen LogP contribution in [-0.4, -0.2) is 103 Å². The fourth-order valence-corrected chi connectivity index (χ4v) is 14.8. The molecule has 87 heavy (non-hydrogen) atoms. The zero-order valence-electron chi connectivity index (χ0n) is 46.8. The summed E-state index contributed by atoms with van der Waals surface area (Å²) in [6.07, 6.45) is 26.0. The molecule has 9 aromatic heterocycles. The van der Waals surface area contributed by atoms with Crippen molar-refractivity contribution in [3.8, 4) is 34.2 Å². The molecule has 9 aromatic rings. The van der Waals surface area contributed by atoms with E-state index in [0.717, 1.165) is 93.2 Å². The Bertz CT molecular complexity index is 3950. The standard InChI is InChI=1S/C21H21ClFN5O.2C20H19ClFN5O2/c22-12-5-14-15(8-26-20(14)25-7-12)21-27-9-16(23)17(28-21)6-13-10-1-3-11(4-2-10)18(13)19(24)29;2*21-11-4-13-14(8-24-17(13)23-7-11)18-25-9-15(22)19(27-18)26-12-2-1-3-20(5-12)6-16(28)29-10-20/h5,7-11,13,18H,1-4,6H2,(H2,24,29)(H,25,26);2*4,7-9,12H,1-3,5-6,10H2,(H,23,24)(H,25,26,27)/t10?,11?,13-,18-;12-,20+;12-,20-/m000/s1. The predicted molar refractivity (Wildman–Crippen MR) is 319 cm³/mol. The number of aromatic nitrogens is 12. The van der Waals surface area contributed by atoms with Crippen LogP contribution in [0.4, 0.5) is 24.8 Å². The molecule has 16 rings (SSSR count). The van der Waals surface area contributed by atoms with Gasteiger partial charge in [0, 0.05) is 98.9 Å². The number of rotatable bonds is 10. The van der Waals surface area contributed by atoms with E-state index < -0.39 is 17.5 Å². The number of ether oxygens (including phenoxy) is 2. The van der Waals surface area contributed by atoms with Crippen LogP contribution >= 0.6 is 34.8 Å². The van der Waals surface area contributed by atoms with Gasteiger partial charge >= 0.3 is 11.9 Å². The summed E-state index contributed by atoms with van der Waals surface area (Å²) >= 11 is 18.2. The Morgan fingerprint density at radius 3 is 1.40 bits per heavy atom. The average Bonchev–Trinajstić information content (AvgIpc) is 1.78. The molecule has 2 aliphatic heterocycles. The van der Waals surface area contributed by atoms with Gasteiger partial charge in [0.15, 0.2) is 46.6 Å². The number of fused-ring (bicyclic) bond motifs is 6. The minimum absolute atomic E-state index is 0.0228. The second-order valence-corrected chi connectivity index (χ2v) is 25.4. The second kappa shape index (κ2) is 23.9. The van der Waals surface area contributed by atoms with Gasteiger partial charge in [-0.2, -0.15) is 0 Å². The van der Waals surface area contributed by atoms with Crippen LogP contribution in [0.25, 0.3) is 67.3 Å². The Balaban J connectivity index is 0.000000121. The summed E-state index contributed by atoms with van der Waals surface area (Å²) < 4.78 is 54.0. The molecule has 0 aromatic carbocycles. The lowest BCUT2D eigenvalue weighted by molar-refractivity contribution is -0.138. The average molecular weight is 1250 g/mol. The maximum atomic E-state index is 14.6. The van der Waals surface area contributed by atoms with Gasteiger partial charge in [-0.3, -0.25) is 14.4 Å². The van der Waals surface area contributed by atoms with E-state index in [1.807, 2.05) is 0 Å². The van der Waals surface area contributed by atoms with Crippen molar-refractivity contribution in [1.82, 2.24) is 59.8 Å². The van der Waals surface area contributed by atoms with Crippen LogP contribution in [0.2, 0.25) is 15.1 Å². The van der Waals surface area contributed by atoms with Gasteiger partial charge in [0.05, 0.1) is 65.4 Å². The molecular weight excluding hydrogens is 1190 g/mol. The number of amides is 1. The highest BCUT2D eigenvalue weighted by Crippen LogP contribution is 2.51. The van der Waals surface area contributed by atoms with E-state index in [1.165, 1.54) is 18.6 Å². The second-order valence-electron chi connectivity index (χ2n) is 24.0. The molecular formula is C61H59Cl3F3N15O5. The van der Waals surface area contributed by atoms with Gasteiger partial charge in [0.1, 0.15) is 16.9 Å². The number of aromatic amines is 3. The Hall–Kier alpha value is -8.02. The lowest BCUT2D eigenvalue weighted by Crippen LogP contribution is -2.47. The van der Waals surface area contributed by atoms with E-state index in [9.17, 15) is 27.6 Å². The maximum absolute atomic E-state index is 14.6. The van der Waals surface area contributed by atoms with Gasteiger partial charge in [-0.25, -0.2) is 58.0 Å². The van der Waals surface area contributed by atoms with E-state index in [2.05, 4.69) is 70.4 Å². The van der Waals surface area contributed by atoms with E-state index in [0.29, 0.717) is 116 Å². The molecule has 6 atom stereocenters. The van der Waals surface area contributed by atoms with Crippen molar-refractivity contribution < 1.29 is 37.0 Å². The molecule has 0 unspecified atom stereocenters. The number of carbonyl (C=O) groups excluding carboxylic acids is 3. The highest BCUT2D eigenvalue weighted by Gasteiger charge is 2.48. The van der Waals surface area contributed by atoms with Crippen molar-refractivity contribution in [3.63, 3.8) is 0 Å². The monoisotopic (exact) mass is 1240 g/mol. The number of halogens is 6. The van der Waals surface area contributed by atoms with Crippen LogP contribution in [-0.2, 0) is 30.3 Å². The molecule has 2 bridgehead atoms. The summed E-state index contributed by atoms with van der Waals surface area (Å²) in [7, 11) is 0. The van der Waals surface area contributed by atoms with Crippen LogP contribution in [0.3, 0.4) is 0 Å². The summed E-state index contributed by atoms with van der Waals surface area (Å²) in [6.45, 7) is 0.898. The van der Waals surface area contributed by atoms with Gasteiger partial charge in [0.25, 0.3) is 0 Å². The summed E-state index contributed by atoms with van der Waals surface area (Å²) in [5.74, 6) is 0.0141. The van der Waals surface area contributed by atoms with Crippen LogP contribution in [0.5, 0.6) is 0 Å². The molecule has 5 aliphatic carbocycles. The highest BCUT2D eigenvalue weighted by molar-refractivity contribution is 6.32. The lowest BCUT2D eigenvalue weighted by atomic mass is 9.57. The molecule has 26 heteroatoms. The highest BCUT2D eigenvalue weighted by atomic mass is 35.5. The smallest absolute Gasteiger partial charge is 0.306 e. The zero-order chi connectivity index (χ0) is 60.1. The first-order valence-electron chi connectivity index (χ1n) is 29.1. The van der Waals surface area contributed by atoms with Gasteiger partial charge in [0.2, 0.25) is 5.91 Å². The third-order valence-electron chi connectivity index (χ3n) is 18.3. The predicted octanol–water partition coefficient (Wildman–Crippen LogP) is 12.1. The van der Waals surface area contributed by atoms with Gasteiger partial charge < -0.3 is 40.8 Å². The van der Waals surface area contributed by atoms with E-state index in [-0.39, 0.29) is 64.2 Å². The molecule has 450 valence electrons. The number of anilines is 2. The van der Waals surface area contributed by atoms with Crippen molar-refractivity contribution >= 4 is 97.4 Å². The first kappa shape index (κ1) is 58.0. The van der Waals surface area contributed by atoms with E-state index >= 15 is 0 Å². The van der Waals surface area contributed by atoms with Crippen molar-refractivity contribution in [1.29, 1.82) is 0 Å². The normalized spacial score (nSPS) is 24.9. The fourth-order valence-electron chi connectivity index (χ4n) is 14.3. The SMILES string of the molecule is NC(=O)[C@H]1C2CCC(CC2)[C@@H]1Cc1nc(-c2c[nH]c3ncc(Cl)cc23)ncc1F.O=C1C[C@@]2(CCC[C@H](Nc3nc(-c4c[nH]c5ncc(Cl)cc45)ncc3F)C2)CO1.O=C1C[C@]2(CCC[C@H](Nc3nc(-c4c[nH]c5ncc(Cl)cc45)ncc3F)C2)CO1. The quantitative estimate of drug-likeness (QED) is 0.0694. The Labute approximate surface area is 510 Å². The topological polar surface area (TPSA) is 283 Å². The van der Waals surface area contributed by atoms with Gasteiger partial charge in [-0.05, 0) is 107 Å². The third kappa shape index (κ3) is 12.1. The number of hydrogen-bond acceptors (Lipinski definition) is 16. The van der Waals surface area contributed by atoms with Gasteiger partial charge in [-0.15, -0.1) is 0 Å². The number of esters is 2. The summed E-state index contributed by atoms with van der Waals surface area (Å²) in [5.41, 5.74) is 9.89. The van der Waals surface area contributed by atoms with E-state index in [1.54, 1.807) is 55.4 Å². The summed E-state index contributed by atoms with van der Waals surface area (Å²) in [6, 6.07) is 5.38. The molecule has 5 saturated carbocycles. The number of H-pyrrole nitrogens is 3.